The minimum absolute atomic E-state index is 0.108. The topological polar surface area (TPSA) is 47.6 Å². The van der Waals surface area contributed by atoms with Gasteiger partial charge in [-0.25, -0.2) is 0 Å². The van der Waals surface area contributed by atoms with Crippen LogP contribution in [0.3, 0.4) is 0 Å². The van der Waals surface area contributed by atoms with Crippen molar-refractivity contribution in [1.82, 2.24) is 5.32 Å². The number of hydrogen-bond acceptors (Lipinski definition) is 3. The highest BCUT2D eigenvalue weighted by Crippen LogP contribution is 2.11. The van der Waals surface area contributed by atoms with E-state index < -0.39 is 6.29 Å². The number of benzene rings is 1. The number of carbonyl (C=O) groups is 1. The standard InChI is InChI=1S/C14H21NO3/c1-5-11-8-12(7-6-10(11)2)14(16)15-9-13(17-3)18-4/h6-8,13H,5,9H2,1-4H3,(H,15,16). The van der Waals surface area contributed by atoms with Crippen LogP contribution in [0.25, 0.3) is 0 Å². The summed E-state index contributed by atoms with van der Waals surface area (Å²) >= 11 is 0. The molecule has 0 aliphatic heterocycles. The summed E-state index contributed by atoms with van der Waals surface area (Å²) in [5.74, 6) is -0.108. The van der Waals surface area contributed by atoms with E-state index in [1.165, 1.54) is 11.1 Å². The summed E-state index contributed by atoms with van der Waals surface area (Å²) in [5.41, 5.74) is 3.07. The van der Waals surface area contributed by atoms with Crippen molar-refractivity contribution < 1.29 is 14.3 Å². The first-order valence-electron chi connectivity index (χ1n) is 6.05. The molecule has 1 amide bonds. The lowest BCUT2D eigenvalue weighted by Gasteiger charge is -2.14. The number of ether oxygens (including phenoxy) is 2. The number of amides is 1. The van der Waals surface area contributed by atoms with Crippen molar-refractivity contribution in [3.8, 4) is 0 Å². The number of nitrogens with one attached hydrogen (secondary N) is 1. The first kappa shape index (κ1) is 14.7. The Morgan fingerprint density at radius 2 is 2.00 bits per heavy atom. The lowest BCUT2D eigenvalue weighted by atomic mass is 10.0. The van der Waals surface area contributed by atoms with Gasteiger partial charge in [0.1, 0.15) is 0 Å². The molecule has 0 atom stereocenters. The summed E-state index contributed by atoms with van der Waals surface area (Å²) in [6, 6.07) is 5.73. The first-order chi connectivity index (χ1) is 8.62. The molecule has 0 saturated heterocycles. The Morgan fingerprint density at radius 1 is 1.33 bits per heavy atom. The van der Waals surface area contributed by atoms with Gasteiger partial charge in [0, 0.05) is 19.8 Å². The third-order valence-electron chi connectivity index (χ3n) is 2.95. The third-order valence-corrected chi connectivity index (χ3v) is 2.95. The van der Waals surface area contributed by atoms with Crippen molar-refractivity contribution in [1.29, 1.82) is 0 Å². The van der Waals surface area contributed by atoms with E-state index in [1.807, 2.05) is 25.1 Å². The molecule has 0 heterocycles. The predicted octanol–water partition coefficient (Wildman–Crippen LogP) is 1.91. The molecule has 0 unspecified atom stereocenters. The van der Waals surface area contributed by atoms with Gasteiger partial charge < -0.3 is 14.8 Å². The van der Waals surface area contributed by atoms with Crippen molar-refractivity contribution in [2.45, 2.75) is 26.6 Å². The molecular formula is C14H21NO3. The molecule has 0 saturated carbocycles. The molecule has 100 valence electrons. The largest absolute Gasteiger partial charge is 0.354 e. The first-order valence-corrected chi connectivity index (χ1v) is 6.05. The van der Waals surface area contributed by atoms with Crippen LogP contribution < -0.4 is 5.32 Å². The van der Waals surface area contributed by atoms with Crippen molar-refractivity contribution in [3.05, 3.63) is 34.9 Å². The smallest absolute Gasteiger partial charge is 0.251 e. The second-order valence-electron chi connectivity index (χ2n) is 4.11. The van der Waals surface area contributed by atoms with Crippen LogP contribution in [-0.4, -0.2) is 33.0 Å². The van der Waals surface area contributed by atoms with Gasteiger partial charge in [-0.05, 0) is 36.6 Å². The Bertz CT molecular complexity index is 400. The normalized spacial score (nSPS) is 10.7. The highest BCUT2D eigenvalue weighted by molar-refractivity contribution is 5.94. The van der Waals surface area contributed by atoms with Gasteiger partial charge >= 0.3 is 0 Å². The zero-order valence-corrected chi connectivity index (χ0v) is 11.4. The van der Waals surface area contributed by atoms with Crippen LogP contribution in [0, 0.1) is 6.92 Å². The fourth-order valence-electron chi connectivity index (χ4n) is 1.73. The molecule has 4 nitrogen and oxygen atoms in total. The highest BCUT2D eigenvalue weighted by atomic mass is 16.7. The predicted molar refractivity (Wildman–Crippen MR) is 70.7 cm³/mol. The summed E-state index contributed by atoms with van der Waals surface area (Å²) < 4.78 is 10.0. The van der Waals surface area contributed by atoms with E-state index in [2.05, 4.69) is 12.2 Å². The Hall–Kier alpha value is -1.39. The quantitative estimate of drug-likeness (QED) is 0.786. The second kappa shape index (κ2) is 7.13. The average Bonchev–Trinajstić information content (AvgIpc) is 2.40. The van der Waals surface area contributed by atoms with Gasteiger partial charge in [-0.15, -0.1) is 0 Å². The lowest BCUT2D eigenvalue weighted by molar-refractivity contribution is -0.0974. The van der Waals surface area contributed by atoms with Gasteiger partial charge in [-0.2, -0.15) is 0 Å². The fraction of sp³-hybridized carbons (Fsp3) is 0.500. The van der Waals surface area contributed by atoms with E-state index in [4.69, 9.17) is 9.47 Å². The second-order valence-corrected chi connectivity index (χ2v) is 4.11. The molecule has 4 heteroatoms. The molecule has 1 aromatic rings. The van der Waals surface area contributed by atoms with Gasteiger partial charge in [0.05, 0.1) is 6.54 Å². The van der Waals surface area contributed by atoms with Crippen molar-refractivity contribution in [2.75, 3.05) is 20.8 Å². The molecule has 1 aromatic carbocycles. The molecular weight excluding hydrogens is 230 g/mol. The molecule has 0 bridgehead atoms. The van der Waals surface area contributed by atoms with Gasteiger partial charge in [0.2, 0.25) is 0 Å². The number of methoxy groups -OCH3 is 2. The zero-order valence-electron chi connectivity index (χ0n) is 11.4. The molecule has 0 spiro atoms. The minimum Gasteiger partial charge on any atom is -0.354 e. The Morgan fingerprint density at radius 3 is 2.56 bits per heavy atom. The van der Waals surface area contributed by atoms with E-state index in [1.54, 1.807) is 14.2 Å². The van der Waals surface area contributed by atoms with Gasteiger partial charge in [-0.1, -0.05) is 13.0 Å². The van der Waals surface area contributed by atoms with E-state index in [0.717, 1.165) is 6.42 Å². The molecule has 18 heavy (non-hydrogen) atoms. The summed E-state index contributed by atoms with van der Waals surface area (Å²) in [4.78, 5) is 11.9. The Balaban J connectivity index is 2.67. The molecule has 0 fully saturated rings. The minimum atomic E-state index is -0.412. The lowest BCUT2D eigenvalue weighted by Crippen LogP contribution is -2.34. The molecule has 1 N–H and O–H groups in total. The average molecular weight is 251 g/mol. The number of rotatable bonds is 6. The number of aryl methyl sites for hydroxylation is 2. The van der Waals surface area contributed by atoms with Crippen LogP contribution in [0.15, 0.2) is 18.2 Å². The highest BCUT2D eigenvalue weighted by Gasteiger charge is 2.10. The van der Waals surface area contributed by atoms with Crippen molar-refractivity contribution in [2.24, 2.45) is 0 Å². The molecule has 0 aliphatic rings. The summed E-state index contributed by atoms with van der Waals surface area (Å²) in [6.07, 6.45) is 0.510. The summed E-state index contributed by atoms with van der Waals surface area (Å²) in [7, 11) is 3.09. The van der Waals surface area contributed by atoms with Crippen molar-refractivity contribution in [3.63, 3.8) is 0 Å². The van der Waals surface area contributed by atoms with Crippen LogP contribution in [0.2, 0.25) is 0 Å². The molecule has 1 rings (SSSR count). The number of carbonyl (C=O) groups excluding carboxylic acids is 1. The summed E-state index contributed by atoms with van der Waals surface area (Å²) in [6.45, 7) is 4.46. The van der Waals surface area contributed by atoms with E-state index >= 15 is 0 Å². The maximum atomic E-state index is 11.9. The Labute approximate surface area is 108 Å². The molecule has 0 aromatic heterocycles. The maximum Gasteiger partial charge on any atom is 0.251 e. The monoisotopic (exact) mass is 251 g/mol. The van der Waals surface area contributed by atoms with Crippen LogP contribution in [0.4, 0.5) is 0 Å². The number of hydrogen-bond donors (Lipinski definition) is 1. The van der Waals surface area contributed by atoms with Crippen LogP contribution in [0.5, 0.6) is 0 Å². The summed E-state index contributed by atoms with van der Waals surface area (Å²) in [5, 5.41) is 2.78. The van der Waals surface area contributed by atoms with Crippen LogP contribution in [0.1, 0.15) is 28.4 Å². The fourth-order valence-corrected chi connectivity index (χ4v) is 1.73. The van der Waals surface area contributed by atoms with Crippen LogP contribution >= 0.6 is 0 Å². The molecule has 0 radical (unpaired) electrons. The maximum absolute atomic E-state index is 11.9. The van der Waals surface area contributed by atoms with Crippen LogP contribution in [-0.2, 0) is 15.9 Å². The van der Waals surface area contributed by atoms with E-state index in [-0.39, 0.29) is 5.91 Å². The Kier molecular flexibility index (Phi) is 5.82. The zero-order chi connectivity index (χ0) is 13.5. The SMILES string of the molecule is CCc1cc(C(=O)NCC(OC)OC)ccc1C. The molecule has 0 aliphatic carbocycles. The van der Waals surface area contributed by atoms with E-state index in [9.17, 15) is 4.79 Å². The third kappa shape index (κ3) is 3.82. The van der Waals surface area contributed by atoms with Gasteiger partial charge in [0.25, 0.3) is 5.91 Å². The van der Waals surface area contributed by atoms with Gasteiger partial charge in [0.15, 0.2) is 6.29 Å². The van der Waals surface area contributed by atoms with Gasteiger partial charge in [-0.3, -0.25) is 4.79 Å². The van der Waals surface area contributed by atoms with E-state index in [0.29, 0.717) is 12.1 Å². The van der Waals surface area contributed by atoms with Crippen molar-refractivity contribution >= 4 is 5.91 Å².